The predicted octanol–water partition coefficient (Wildman–Crippen LogP) is 2.55. The van der Waals surface area contributed by atoms with E-state index in [1.54, 1.807) is 32.3 Å². The summed E-state index contributed by atoms with van der Waals surface area (Å²) in [5.41, 5.74) is 2.10. The Kier molecular flexibility index (Phi) is 5.63. The molecule has 31 heavy (non-hydrogen) atoms. The number of hydrogen-bond donors (Lipinski definition) is 1. The molecule has 0 radical (unpaired) electrons. The van der Waals surface area contributed by atoms with E-state index in [1.807, 2.05) is 6.07 Å². The summed E-state index contributed by atoms with van der Waals surface area (Å²) in [5, 5.41) is 2.97. The average molecular weight is 424 g/mol. The number of amides is 1. The van der Waals surface area contributed by atoms with Crippen molar-refractivity contribution in [2.45, 2.75) is 25.7 Å². The minimum absolute atomic E-state index is 0.101. The number of fused-ring (bicyclic) bond motifs is 1. The number of halogens is 1. The van der Waals surface area contributed by atoms with Gasteiger partial charge in [-0.2, -0.15) is 0 Å². The number of hydrogen-bond acceptors (Lipinski definition) is 4. The van der Waals surface area contributed by atoms with Gasteiger partial charge in [-0.15, -0.1) is 0 Å². The monoisotopic (exact) mass is 424 g/mol. The van der Waals surface area contributed by atoms with Crippen molar-refractivity contribution in [2.24, 2.45) is 14.1 Å². The summed E-state index contributed by atoms with van der Waals surface area (Å²) in [4.78, 5) is 39.6. The van der Waals surface area contributed by atoms with Crippen LogP contribution in [-0.2, 0) is 25.3 Å². The quantitative estimate of drug-likeness (QED) is 0.653. The van der Waals surface area contributed by atoms with Crippen molar-refractivity contribution in [2.75, 3.05) is 23.3 Å². The van der Waals surface area contributed by atoms with Gasteiger partial charge >= 0.3 is 11.1 Å². The summed E-state index contributed by atoms with van der Waals surface area (Å²) in [6.45, 7) is 1.71. The smallest absolute Gasteiger partial charge is 0.316 e. The number of nitrogens with zero attached hydrogens (tertiary/aromatic N) is 3. The zero-order valence-corrected chi connectivity index (χ0v) is 17.7. The third-order valence-electron chi connectivity index (χ3n) is 5.86. The summed E-state index contributed by atoms with van der Waals surface area (Å²) < 4.78 is 15.8. The van der Waals surface area contributed by atoms with Gasteiger partial charge in [0.05, 0.1) is 28.8 Å². The summed E-state index contributed by atoms with van der Waals surface area (Å²) >= 11 is 0. The Hall–Kier alpha value is -3.42. The van der Waals surface area contributed by atoms with E-state index in [9.17, 15) is 18.8 Å². The van der Waals surface area contributed by atoms with E-state index in [0.29, 0.717) is 22.3 Å². The molecular formula is C23H25FN4O3. The maximum absolute atomic E-state index is 13.2. The van der Waals surface area contributed by atoms with E-state index in [0.717, 1.165) is 38.0 Å². The van der Waals surface area contributed by atoms with Gasteiger partial charge < -0.3 is 19.4 Å². The molecule has 1 aliphatic heterocycles. The van der Waals surface area contributed by atoms with Gasteiger partial charge in [0.15, 0.2) is 0 Å². The van der Waals surface area contributed by atoms with Crippen LogP contribution in [0.4, 0.5) is 15.8 Å². The summed E-state index contributed by atoms with van der Waals surface area (Å²) in [6, 6.07) is 9.44. The van der Waals surface area contributed by atoms with E-state index < -0.39 is 11.1 Å². The molecule has 7 nitrogen and oxygen atoms in total. The number of anilines is 2. The molecule has 0 unspecified atom stereocenters. The van der Waals surface area contributed by atoms with Crippen molar-refractivity contribution in [3.63, 3.8) is 0 Å². The lowest BCUT2D eigenvalue weighted by molar-refractivity contribution is -0.115. The zero-order chi connectivity index (χ0) is 22.1. The molecule has 0 bridgehead atoms. The number of carbonyl (C=O) groups excluding carboxylic acids is 1. The Morgan fingerprint density at radius 2 is 1.52 bits per heavy atom. The molecule has 0 atom stereocenters. The fourth-order valence-electron chi connectivity index (χ4n) is 4.09. The van der Waals surface area contributed by atoms with Gasteiger partial charge in [0.25, 0.3) is 0 Å². The molecule has 0 spiro atoms. The highest BCUT2D eigenvalue weighted by Gasteiger charge is 2.20. The number of piperidine rings is 1. The van der Waals surface area contributed by atoms with Crippen molar-refractivity contribution in [3.8, 4) is 0 Å². The fraction of sp³-hybridized carbons (Fsp3) is 0.348. The highest BCUT2D eigenvalue weighted by atomic mass is 19.1. The van der Waals surface area contributed by atoms with Crippen molar-refractivity contribution in [3.05, 3.63) is 68.5 Å². The molecule has 1 aromatic heterocycles. The van der Waals surface area contributed by atoms with Crippen LogP contribution in [0.5, 0.6) is 0 Å². The maximum Gasteiger partial charge on any atom is 0.316 e. The van der Waals surface area contributed by atoms with Gasteiger partial charge in [-0.1, -0.05) is 12.1 Å². The first-order valence-corrected chi connectivity index (χ1v) is 10.4. The van der Waals surface area contributed by atoms with Crippen LogP contribution in [0.1, 0.15) is 24.8 Å². The van der Waals surface area contributed by atoms with Crippen LogP contribution in [0.15, 0.2) is 46.0 Å². The molecule has 1 amide bonds. The highest BCUT2D eigenvalue weighted by Crippen LogP contribution is 2.32. The lowest BCUT2D eigenvalue weighted by Gasteiger charge is -2.31. The third-order valence-corrected chi connectivity index (χ3v) is 5.86. The topological polar surface area (TPSA) is 76.3 Å². The lowest BCUT2D eigenvalue weighted by Crippen LogP contribution is -2.39. The molecule has 4 rings (SSSR count). The minimum atomic E-state index is -0.621. The van der Waals surface area contributed by atoms with Gasteiger partial charge in [-0.3, -0.25) is 14.4 Å². The van der Waals surface area contributed by atoms with Gasteiger partial charge in [0.2, 0.25) is 5.91 Å². The van der Waals surface area contributed by atoms with E-state index in [1.165, 1.54) is 21.3 Å². The Balaban J connectivity index is 1.77. The summed E-state index contributed by atoms with van der Waals surface area (Å²) in [5.74, 6) is -0.586. The fourth-order valence-corrected chi connectivity index (χ4v) is 4.09. The van der Waals surface area contributed by atoms with Crippen molar-refractivity contribution >= 4 is 28.3 Å². The number of aromatic nitrogens is 2. The van der Waals surface area contributed by atoms with Crippen LogP contribution >= 0.6 is 0 Å². The normalized spacial score (nSPS) is 14.1. The van der Waals surface area contributed by atoms with Crippen molar-refractivity contribution < 1.29 is 9.18 Å². The highest BCUT2D eigenvalue weighted by molar-refractivity contribution is 5.99. The van der Waals surface area contributed by atoms with E-state index in [-0.39, 0.29) is 18.1 Å². The first kappa shape index (κ1) is 20.8. The SMILES string of the molecule is Cn1c(=O)c(=O)n(C)c2cc(N3CCCCC3)c(NC(=O)Cc3ccc(F)cc3)cc21. The average Bonchev–Trinajstić information content (AvgIpc) is 2.78. The van der Waals surface area contributed by atoms with Crippen LogP contribution in [0, 0.1) is 5.82 Å². The molecule has 1 aliphatic rings. The minimum Gasteiger partial charge on any atom is -0.370 e. The van der Waals surface area contributed by atoms with E-state index in [2.05, 4.69) is 10.2 Å². The third kappa shape index (κ3) is 4.10. The maximum atomic E-state index is 13.2. The molecule has 2 heterocycles. The largest absolute Gasteiger partial charge is 0.370 e. The molecule has 1 N–H and O–H groups in total. The number of carbonyl (C=O) groups is 1. The molecule has 1 fully saturated rings. The molecule has 2 aromatic carbocycles. The van der Waals surface area contributed by atoms with Crippen LogP contribution in [0.3, 0.4) is 0 Å². The van der Waals surface area contributed by atoms with E-state index in [4.69, 9.17) is 0 Å². The van der Waals surface area contributed by atoms with Crippen LogP contribution in [0.2, 0.25) is 0 Å². The lowest BCUT2D eigenvalue weighted by atomic mass is 10.1. The van der Waals surface area contributed by atoms with Crippen LogP contribution in [0.25, 0.3) is 11.0 Å². The second-order valence-electron chi connectivity index (χ2n) is 7.99. The summed E-state index contributed by atoms with van der Waals surface area (Å²) in [7, 11) is 3.13. The number of aryl methyl sites for hydroxylation is 2. The van der Waals surface area contributed by atoms with Crippen molar-refractivity contribution in [1.82, 2.24) is 9.13 Å². The Morgan fingerprint density at radius 3 is 2.13 bits per heavy atom. The van der Waals surface area contributed by atoms with Gasteiger partial charge in [-0.25, -0.2) is 4.39 Å². The first-order valence-electron chi connectivity index (χ1n) is 10.4. The second-order valence-corrected chi connectivity index (χ2v) is 7.99. The van der Waals surface area contributed by atoms with E-state index >= 15 is 0 Å². The molecular weight excluding hydrogens is 399 g/mol. The molecule has 3 aromatic rings. The number of nitrogens with one attached hydrogen (secondary N) is 1. The molecule has 0 saturated carbocycles. The Morgan fingerprint density at radius 1 is 0.935 bits per heavy atom. The number of benzene rings is 2. The van der Waals surface area contributed by atoms with Crippen molar-refractivity contribution in [1.29, 1.82) is 0 Å². The first-order chi connectivity index (χ1) is 14.8. The van der Waals surface area contributed by atoms with Crippen LogP contribution in [-0.4, -0.2) is 28.1 Å². The zero-order valence-electron chi connectivity index (χ0n) is 17.7. The molecule has 8 heteroatoms. The van der Waals surface area contributed by atoms with Gasteiger partial charge in [-0.05, 0) is 49.1 Å². The van der Waals surface area contributed by atoms with Gasteiger partial charge in [0, 0.05) is 27.2 Å². The molecule has 0 aliphatic carbocycles. The van der Waals surface area contributed by atoms with Crippen LogP contribution < -0.4 is 21.3 Å². The Bertz CT molecular complexity index is 1260. The standard InChI is InChI=1S/C23H25FN4O3/c1-26-19-13-17(25-21(29)12-15-6-8-16(24)9-7-15)18(28-10-4-3-5-11-28)14-20(19)27(2)23(31)22(26)30/h6-9,13-14H,3-5,10-12H2,1-2H3,(H,25,29). The second kappa shape index (κ2) is 8.37. The Labute approximate surface area is 178 Å². The number of rotatable bonds is 4. The van der Waals surface area contributed by atoms with Gasteiger partial charge in [0.1, 0.15) is 5.82 Å². The molecule has 162 valence electrons. The predicted molar refractivity (Wildman–Crippen MR) is 119 cm³/mol. The summed E-state index contributed by atoms with van der Waals surface area (Å²) in [6.07, 6.45) is 3.35. The molecule has 1 saturated heterocycles.